The van der Waals surface area contributed by atoms with Crippen molar-refractivity contribution in [3.63, 3.8) is 0 Å². The van der Waals surface area contributed by atoms with Gasteiger partial charge in [0.15, 0.2) is 15.6 Å². The van der Waals surface area contributed by atoms with Crippen LogP contribution in [0.15, 0.2) is 69.8 Å². The number of nitrogens with zero attached hydrogens (tertiary/aromatic N) is 2. The molecule has 0 aliphatic carbocycles. The van der Waals surface area contributed by atoms with Gasteiger partial charge in [-0.25, -0.2) is 4.98 Å². The third-order valence-electron chi connectivity index (χ3n) is 4.29. The number of aryl methyl sites for hydroxylation is 1. The summed E-state index contributed by atoms with van der Waals surface area (Å²) in [5.74, 6) is 0.0747. The predicted octanol–water partition coefficient (Wildman–Crippen LogP) is 6.06. The molecule has 0 radical (unpaired) electrons. The molecular formula is C21H17BrN2O2S. The van der Waals surface area contributed by atoms with E-state index < -0.39 is 0 Å². The Morgan fingerprint density at radius 2 is 1.93 bits per heavy atom. The molecule has 0 aliphatic heterocycles. The lowest BCUT2D eigenvalue weighted by molar-refractivity contribution is 0.0957. The Bertz CT molecular complexity index is 1090. The highest BCUT2D eigenvalue weighted by molar-refractivity contribution is 9.10. The van der Waals surface area contributed by atoms with Gasteiger partial charge in [-0.1, -0.05) is 54.7 Å². The van der Waals surface area contributed by atoms with E-state index in [1.165, 1.54) is 16.9 Å². The molecule has 27 heavy (non-hydrogen) atoms. The van der Waals surface area contributed by atoms with Crippen molar-refractivity contribution < 1.29 is 9.21 Å². The molecule has 2 aromatic carbocycles. The summed E-state index contributed by atoms with van der Waals surface area (Å²) in [6, 6.07) is 19.5. The number of thiazole rings is 1. The lowest BCUT2D eigenvalue weighted by Crippen LogP contribution is -2.30. The zero-order valence-corrected chi connectivity index (χ0v) is 17.1. The van der Waals surface area contributed by atoms with Crippen LogP contribution in [0, 0.1) is 0 Å². The number of hydrogen-bond donors (Lipinski definition) is 0. The molecule has 2 heterocycles. The normalized spacial score (nSPS) is 11.0. The SMILES string of the molecule is CCc1ccc2nc(N(Cc3ccccc3)C(=O)c3ccc(Br)o3)sc2c1. The highest BCUT2D eigenvalue weighted by Crippen LogP contribution is 2.32. The standard InChI is InChI=1S/C21H17BrN2O2S/c1-2-14-8-9-16-18(12-14)27-21(23-16)24(13-15-6-4-3-5-7-15)20(25)17-10-11-19(22)26-17/h3-12H,2,13H2,1H3. The van der Waals surface area contributed by atoms with Gasteiger partial charge >= 0.3 is 0 Å². The fraction of sp³-hybridized carbons (Fsp3) is 0.143. The van der Waals surface area contributed by atoms with E-state index in [0.29, 0.717) is 16.3 Å². The van der Waals surface area contributed by atoms with Crippen molar-refractivity contribution in [2.45, 2.75) is 19.9 Å². The summed E-state index contributed by atoms with van der Waals surface area (Å²) in [6.45, 7) is 2.56. The van der Waals surface area contributed by atoms with Crippen LogP contribution < -0.4 is 4.90 Å². The molecule has 0 fully saturated rings. The van der Waals surface area contributed by atoms with Crippen molar-refractivity contribution in [2.75, 3.05) is 4.90 Å². The summed E-state index contributed by atoms with van der Waals surface area (Å²) >= 11 is 4.79. The first-order chi connectivity index (χ1) is 13.1. The third kappa shape index (κ3) is 3.82. The Morgan fingerprint density at radius 3 is 2.63 bits per heavy atom. The van der Waals surface area contributed by atoms with Gasteiger partial charge in [-0.15, -0.1) is 0 Å². The number of furan rings is 1. The number of amides is 1. The molecule has 0 aliphatic rings. The number of benzene rings is 2. The highest BCUT2D eigenvalue weighted by atomic mass is 79.9. The molecule has 136 valence electrons. The summed E-state index contributed by atoms with van der Waals surface area (Å²) in [7, 11) is 0. The van der Waals surface area contributed by atoms with E-state index in [1.807, 2.05) is 36.4 Å². The van der Waals surface area contributed by atoms with E-state index in [2.05, 4.69) is 35.0 Å². The Kier molecular flexibility index (Phi) is 5.09. The Morgan fingerprint density at radius 1 is 1.11 bits per heavy atom. The van der Waals surface area contributed by atoms with Crippen molar-refractivity contribution in [3.8, 4) is 0 Å². The summed E-state index contributed by atoms with van der Waals surface area (Å²) < 4.78 is 7.11. The van der Waals surface area contributed by atoms with Gasteiger partial charge in [0.25, 0.3) is 5.91 Å². The number of halogens is 1. The topological polar surface area (TPSA) is 46.3 Å². The first-order valence-corrected chi connectivity index (χ1v) is 10.3. The van der Waals surface area contributed by atoms with Gasteiger partial charge < -0.3 is 4.42 Å². The van der Waals surface area contributed by atoms with Crippen molar-refractivity contribution in [1.29, 1.82) is 0 Å². The number of carbonyl (C=O) groups excluding carboxylic acids is 1. The zero-order chi connectivity index (χ0) is 18.8. The molecule has 0 N–H and O–H groups in total. The van der Waals surface area contributed by atoms with Crippen molar-refractivity contribution in [2.24, 2.45) is 0 Å². The van der Waals surface area contributed by atoms with E-state index in [9.17, 15) is 4.79 Å². The number of fused-ring (bicyclic) bond motifs is 1. The number of hydrogen-bond acceptors (Lipinski definition) is 4. The minimum atomic E-state index is -0.209. The molecule has 0 bridgehead atoms. The van der Waals surface area contributed by atoms with Gasteiger partial charge in [-0.05, 0) is 57.7 Å². The molecular weight excluding hydrogens is 424 g/mol. The summed E-state index contributed by atoms with van der Waals surface area (Å²) in [5.41, 5.74) is 3.19. The van der Waals surface area contributed by atoms with Crippen LogP contribution >= 0.6 is 27.3 Å². The third-order valence-corrected chi connectivity index (χ3v) is 5.76. The smallest absolute Gasteiger partial charge is 0.296 e. The summed E-state index contributed by atoms with van der Waals surface area (Å²) in [4.78, 5) is 19.5. The first-order valence-electron chi connectivity index (χ1n) is 8.64. The Labute approximate surface area is 169 Å². The summed E-state index contributed by atoms with van der Waals surface area (Å²) in [5, 5.41) is 0.666. The quantitative estimate of drug-likeness (QED) is 0.378. The minimum absolute atomic E-state index is 0.209. The van der Waals surface area contributed by atoms with Gasteiger partial charge in [0.1, 0.15) is 0 Å². The maximum Gasteiger partial charge on any atom is 0.296 e. The van der Waals surface area contributed by atoms with Crippen LogP contribution in [-0.2, 0) is 13.0 Å². The van der Waals surface area contributed by atoms with Crippen molar-refractivity contribution in [3.05, 3.63) is 82.2 Å². The largest absolute Gasteiger partial charge is 0.444 e. The first kappa shape index (κ1) is 17.9. The second-order valence-corrected chi connectivity index (χ2v) is 7.92. The van der Waals surface area contributed by atoms with Gasteiger partial charge in [0.05, 0.1) is 16.8 Å². The Hall–Kier alpha value is -2.44. The van der Waals surface area contributed by atoms with Crippen LogP contribution in [-0.4, -0.2) is 10.9 Å². The lowest BCUT2D eigenvalue weighted by atomic mass is 10.2. The molecule has 0 saturated heterocycles. The van der Waals surface area contributed by atoms with E-state index >= 15 is 0 Å². The van der Waals surface area contributed by atoms with E-state index in [-0.39, 0.29) is 11.7 Å². The monoisotopic (exact) mass is 440 g/mol. The predicted molar refractivity (Wildman–Crippen MR) is 112 cm³/mol. The molecule has 1 amide bonds. The summed E-state index contributed by atoms with van der Waals surface area (Å²) in [6.07, 6.45) is 0.969. The number of aromatic nitrogens is 1. The number of carbonyl (C=O) groups is 1. The van der Waals surface area contributed by atoms with Crippen LogP contribution in [0.3, 0.4) is 0 Å². The van der Waals surface area contributed by atoms with Crippen LogP contribution in [0.2, 0.25) is 0 Å². The Balaban J connectivity index is 1.75. The second-order valence-electron chi connectivity index (χ2n) is 6.13. The molecule has 0 saturated carbocycles. The molecule has 0 spiro atoms. The maximum atomic E-state index is 13.1. The van der Waals surface area contributed by atoms with Crippen LogP contribution in [0.25, 0.3) is 10.2 Å². The average Bonchev–Trinajstić information content (AvgIpc) is 3.31. The van der Waals surface area contributed by atoms with E-state index in [4.69, 9.17) is 9.40 Å². The van der Waals surface area contributed by atoms with Gasteiger partial charge in [-0.2, -0.15) is 0 Å². The van der Waals surface area contributed by atoms with Gasteiger partial charge in [0, 0.05) is 0 Å². The minimum Gasteiger partial charge on any atom is -0.444 e. The average molecular weight is 441 g/mol. The molecule has 4 aromatic rings. The van der Waals surface area contributed by atoms with Gasteiger partial charge in [-0.3, -0.25) is 9.69 Å². The van der Waals surface area contributed by atoms with Crippen molar-refractivity contribution in [1.82, 2.24) is 4.98 Å². The van der Waals surface area contributed by atoms with E-state index in [1.54, 1.807) is 17.0 Å². The molecule has 4 nitrogen and oxygen atoms in total. The van der Waals surface area contributed by atoms with E-state index in [0.717, 1.165) is 22.2 Å². The number of anilines is 1. The van der Waals surface area contributed by atoms with Crippen LogP contribution in [0.4, 0.5) is 5.13 Å². The van der Waals surface area contributed by atoms with Crippen LogP contribution in [0.1, 0.15) is 28.6 Å². The van der Waals surface area contributed by atoms with Crippen molar-refractivity contribution >= 4 is 48.5 Å². The highest BCUT2D eigenvalue weighted by Gasteiger charge is 2.24. The van der Waals surface area contributed by atoms with Gasteiger partial charge in [0.2, 0.25) is 0 Å². The molecule has 0 atom stereocenters. The fourth-order valence-corrected chi connectivity index (χ4v) is 4.18. The van der Waals surface area contributed by atoms with Crippen LogP contribution in [0.5, 0.6) is 0 Å². The number of rotatable bonds is 5. The zero-order valence-electron chi connectivity index (χ0n) is 14.7. The molecule has 4 rings (SSSR count). The second kappa shape index (κ2) is 7.66. The lowest BCUT2D eigenvalue weighted by Gasteiger charge is -2.18. The molecule has 6 heteroatoms. The molecule has 2 aromatic heterocycles. The maximum absolute atomic E-state index is 13.1. The molecule has 0 unspecified atom stereocenters. The fourth-order valence-electron chi connectivity index (χ4n) is 2.85.